The second kappa shape index (κ2) is 6.62. The highest BCUT2D eigenvalue weighted by Gasteiger charge is 2.27. The number of benzene rings is 1. The summed E-state index contributed by atoms with van der Waals surface area (Å²) in [6.07, 6.45) is 1.77. The lowest BCUT2D eigenvalue weighted by Gasteiger charge is -2.09. The van der Waals surface area contributed by atoms with Crippen LogP contribution < -0.4 is 10.6 Å². The van der Waals surface area contributed by atoms with Gasteiger partial charge in [0.25, 0.3) is 5.91 Å². The second-order valence-electron chi connectivity index (χ2n) is 5.26. The van der Waals surface area contributed by atoms with Gasteiger partial charge in [0.1, 0.15) is 11.6 Å². The van der Waals surface area contributed by atoms with Gasteiger partial charge in [-0.3, -0.25) is 4.79 Å². The van der Waals surface area contributed by atoms with Gasteiger partial charge in [0, 0.05) is 17.9 Å². The van der Waals surface area contributed by atoms with Gasteiger partial charge in [0.15, 0.2) is 9.84 Å². The summed E-state index contributed by atoms with van der Waals surface area (Å²) in [4.78, 5) is 12.0. The highest BCUT2D eigenvalue weighted by atomic mass is 32.2. The molecule has 116 valence electrons. The monoisotopic (exact) mass is 319 g/mol. The number of anilines is 1. The second-order valence-corrected chi connectivity index (χ2v) is 7.49. The standard InChI is InChI=1S/C15H17N3O3S/c1-11-2-4-13(5-3-11)18-15(19)12(8-16)9-17-14-6-7-22(20,21)10-14/h2-5,9,14,17H,6-7,10H2,1H3,(H,18,19)/b12-9-. The molecule has 1 saturated heterocycles. The Labute approximate surface area is 129 Å². The van der Waals surface area contributed by atoms with E-state index in [2.05, 4.69) is 10.6 Å². The van der Waals surface area contributed by atoms with Crippen LogP contribution in [0.5, 0.6) is 0 Å². The molecular formula is C15H17N3O3S. The summed E-state index contributed by atoms with van der Waals surface area (Å²) in [6.45, 7) is 1.94. The number of rotatable bonds is 4. The van der Waals surface area contributed by atoms with E-state index >= 15 is 0 Å². The lowest BCUT2D eigenvalue weighted by Crippen LogP contribution is -2.27. The first kappa shape index (κ1) is 16.0. The molecule has 2 rings (SSSR count). The third-order valence-electron chi connectivity index (χ3n) is 3.37. The maximum Gasteiger partial charge on any atom is 0.267 e. The van der Waals surface area contributed by atoms with Crippen molar-refractivity contribution in [3.63, 3.8) is 0 Å². The Morgan fingerprint density at radius 3 is 2.59 bits per heavy atom. The first-order valence-electron chi connectivity index (χ1n) is 6.84. The van der Waals surface area contributed by atoms with Crippen LogP contribution in [0, 0.1) is 18.3 Å². The fourth-order valence-electron chi connectivity index (χ4n) is 2.11. The minimum Gasteiger partial charge on any atom is -0.386 e. The number of nitrogens with zero attached hydrogens (tertiary/aromatic N) is 1. The van der Waals surface area contributed by atoms with E-state index in [0.29, 0.717) is 12.1 Å². The van der Waals surface area contributed by atoms with Gasteiger partial charge in [0.05, 0.1) is 11.5 Å². The van der Waals surface area contributed by atoms with Crippen molar-refractivity contribution in [3.8, 4) is 6.07 Å². The van der Waals surface area contributed by atoms with E-state index in [9.17, 15) is 13.2 Å². The van der Waals surface area contributed by atoms with Crippen LogP contribution >= 0.6 is 0 Å². The zero-order valence-electron chi connectivity index (χ0n) is 12.2. The molecule has 1 fully saturated rings. The molecule has 6 nitrogen and oxygen atoms in total. The van der Waals surface area contributed by atoms with Crippen molar-refractivity contribution in [2.45, 2.75) is 19.4 Å². The molecule has 1 aromatic rings. The number of carbonyl (C=O) groups excluding carboxylic acids is 1. The smallest absolute Gasteiger partial charge is 0.267 e. The number of sulfone groups is 1. The summed E-state index contributed by atoms with van der Waals surface area (Å²) >= 11 is 0. The molecule has 0 aromatic heterocycles. The summed E-state index contributed by atoms with van der Waals surface area (Å²) in [7, 11) is -3.00. The van der Waals surface area contributed by atoms with Crippen molar-refractivity contribution >= 4 is 21.4 Å². The Hall–Kier alpha value is -2.33. The zero-order valence-corrected chi connectivity index (χ0v) is 13.0. The average molecular weight is 319 g/mol. The zero-order chi connectivity index (χ0) is 16.2. The maximum atomic E-state index is 12.0. The average Bonchev–Trinajstić information content (AvgIpc) is 2.81. The molecule has 1 amide bonds. The minimum atomic E-state index is -3.00. The van der Waals surface area contributed by atoms with Crippen LogP contribution in [0.1, 0.15) is 12.0 Å². The highest BCUT2D eigenvalue weighted by Crippen LogP contribution is 2.12. The normalized spacial score (nSPS) is 20.2. The van der Waals surface area contributed by atoms with Crippen LogP contribution in [0.25, 0.3) is 0 Å². The Balaban J connectivity index is 1.98. The highest BCUT2D eigenvalue weighted by molar-refractivity contribution is 7.91. The lowest BCUT2D eigenvalue weighted by atomic mass is 10.2. The first-order chi connectivity index (χ1) is 10.4. The van der Waals surface area contributed by atoms with Gasteiger partial charge in [-0.15, -0.1) is 0 Å². The molecule has 1 aliphatic heterocycles. The Morgan fingerprint density at radius 1 is 1.36 bits per heavy atom. The largest absolute Gasteiger partial charge is 0.386 e. The number of nitriles is 1. The van der Waals surface area contributed by atoms with Gasteiger partial charge >= 0.3 is 0 Å². The van der Waals surface area contributed by atoms with Crippen LogP contribution in [0.3, 0.4) is 0 Å². The van der Waals surface area contributed by atoms with Crippen molar-refractivity contribution in [2.24, 2.45) is 0 Å². The lowest BCUT2D eigenvalue weighted by molar-refractivity contribution is -0.112. The SMILES string of the molecule is Cc1ccc(NC(=O)/C(C#N)=C\NC2CCS(=O)(=O)C2)cc1. The van der Waals surface area contributed by atoms with Crippen LogP contribution in [0.15, 0.2) is 36.0 Å². The maximum absolute atomic E-state index is 12.0. The molecule has 0 bridgehead atoms. The van der Waals surface area contributed by atoms with Crippen LogP contribution in [0.2, 0.25) is 0 Å². The summed E-state index contributed by atoms with van der Waals surface area (Å²) < 4.78 is 22.7. The van der Waals surface area contributed by atoms with E-state index < -0.39 is 15.7 Å². The van der Waals surface area contributed by atoms with Crippen molar-refractivity contribution in [2.75, 3.05) is 16.8 Å². The topological polar surface area (TPSA) is 99.1 Å². The molecule has 1 aromatic carbocycles. The minimum absolute atomic E-state index is 0.0296. The third kappa shape index (κ3) is 4.33. The Bertz CT molecular complexity index is 730. The van der Waals surface area contributed by atoms with E-state index in [1.807, 2.05) is 25.1 Å². The molecule has 1 unspecified atom stereocenters. The molecule has 0 radical (unpaired) electrons. The molecule has 1 atom stereocenters. The van der Waals surface area contributed by atoms with Gasteiger partial charge in [-0.1, -0.05) is 17.7 Å². The van der Waals surface area contributed by atoms with Crippen LogP contribution in [-0.4, -0.2) is 31.9 Å². The van der Waals surface area contributed by atoms with Gasteiger partial charge in [-0.05, 0) is 25.5 Å². The predicted octanol–water partition coefficient (Wildman–Crippen LogP) is 1.12. The van der Waals surface area contributed by atoms with Crippen molar-refractivity contribution in [1.82, 2.24) is 5.32 Å². The fourth-order valence-corrected chi connectivity index (χ4v) is 3.80. The van der Waals surface area contributed by atoms with Crippen LogP contribution in [-0.2, 0) is 14.6 Å². The van der Waals surface area contributed by atoms with E-state index in [0.717, 1.165) is 5.56 Å². The first-order valence-corrected chi connectivity index (χ1v) is 8.66. The molecular weight excluding hydrogens is 302 g/mol. The molecule has 1 heterocycles. The van der Waals surface area contributed by atoms with E-state index in [1.54, 1.807) is 12.1 Å². The summed E-state index contributed by atoms with van der Waals surface area (Å²) in [5.41, 5.74) is 1.57. The summed E-state index contributed by atoms with van der Waals surface area (Å²) in [5.74, 6) is -0.364. The summed E-state index contributed by atoms with van der Waals surface area (Å²) in [6, 6.07) is 8.77. The number of carbonyl (C=O) groups is 1. The molecule has 0 spiro atoms. The van der Waals surface area contributed by atoms with Crippen molar-refractivity contribution in [3.05, 3.63) is 41.6 Å². The molecule has 1 aliphatic rings. The Morgan fingerprint density at radius 2 is 2.05 bits per heavy atom. The number of aryl methyl sites for hydroxylation is 1. The predicted molar refractivity (Wildman–Crippen MR) is 83.7 cm³/mol. The van der Waals surface area contributed by atoms with Gasteiger partial charge in [-0.2, -0.15) is 5.26 Å². The molecule has 0 saturated carbocycles. The molecule has 22 heavy (non-hydrogen) atoms. The summed E-state index contributed by atoms with van der Waals surface area (Å²) in [5, 5.41) is 14.5. The van der Waals surface area contributed by atoms with Crippen molar-refractivity contribution < 1.29 is 13.2 Å². The van der Waals surface area contributed by atoms with Gasteiger partial charge in [-0.25, -0.2) is 8.42 Å². The number of amides is 1. The molecule has 2 N–H and O–H groups in total. The van der Waals surface area contributed by atoms with Crippen LogP contribution in [0.4, 0.5) is 5.69 Å². The third-order valence-corrected chi connectivity index (χ3v) is 5.14. The number of hydrogen-bond donors (Lipinski definition) is 2. The number of hydrogen-bond acceptors (Lipinski definition) is 5. The molecule has 0 aliphatic carbocycles. The van der Waals surface area contributed by atoms with Gasteiger partial charge in [0.2, 0.25) is 0 Å². The van der Waals surface area contributed by atoms with Gasteiger partial charge < -0.3 is 10.6 Å². The van der Waals surface area contributed by atoms with E-state index in [4.69, 9.17) is 5.26 Å². The quantitative estimate of drug-likeness (QED) is 0.640. The van der Waals surface area contributed by atoms with E-state index in [1.165, 1.54) is 6.20 Å². The van der Waals surface area contributed by atoms with E-state index in [-0.39, 0.29) is 23.1 Å². The number of nitrogens with one attached hydrogen (secondary N) is 2. The van der Waals surface area contributed by atoms with Crippen molar-refractivity contribution in [1.29, 1.82) is 5.26 Å². The molecule has 7 heteroatoms. The fraction of sp³-hybridized carbons (Fsp3) is 0.333. The Kier molecular flexibility index (Phi) is 4.83.